The van der Waals surface area contributed by atoms with Crippen LogP contribution in [0.1, 0.15) is 18.4 Å². The molecule has 3 N–H and O–H groups in total. The van der Waals surface area contributed by atoms with Crippen LogP contribution in [-0.4, -0.2) is 23.7 Å². The first kappa shape index (κ1) is 15.9. The second kappa shape index (κ2) is 6.73. The molecule has 1 fully saturated rings. The summed E-state index contributed by atoms with van der Waals surface area (Å²) in [5.74, 6) is 0.612. The molecule has 4 rings (SSSR count). The molecule has 128 valence electrons. The van der Waals surface area contributed by atoms with Crippen molar-refractivity contribution in [3.8, 4) is 11.1 Å². The van der Waals surface area contributed by atoms with E-state index in [1.807, 2.05) is 30.5 Å². The Morgan fingerprint density at radius 1 is 1.16 bits per heavy atom. The lowest BCUT2D eigenvalue weighted by molar-refractivity contribution is 0.251. The predicted octanol–water partition coefficient (Wildman–Crippen LogP) is 3.78. The van der Waals surface area contributed by atoms with Crippen molar-refractivity contribution in [1.29, 1.82) is 0 Å². The van der Waals surface area contributed by atoms with Crippen LogP contribution in [-0.2, 0) is 6.42 Å². The van der Waals surface area contributed by atoms with E-state index in [1.54, 1.807) is 4.57 Å². The van der Waals surface area contributed by atoms with E-state index in [2.05, 4.69) is 29.6 Å². The minimum atomic E-state index is -0.425. The van der Waals surface area contributed by atoms with E-state index in [-0.39, 0.29) is 0 Å². The van der Waals surface area contributed by atoms with E-state index >= 15 is 0 Å². The van der Waals surface area contributed by atoms with Crippen LogP contribution in [0, 0.1) is 5.92 Å². The molecule has 1 saturated heterocycles. The van der Waals surface area contributed by atoms with Gasteiger partial charge in [-0.2, -0.15) is 0 Å². The Bertz CT molecular complexity index is 892. The summed E-state index contributed by atoms with van der Waals surface area (Å²) in [6, 6.07) is 16.2. The quantitative estimate of drug-likeness (QED) is 0.766. The molecule has 4 heteroatoms. The summed E-state index contributed by atoms with van der Waals surface area (Å²) in [4.78, 5) is 11.8. The number of aromatic nitrogens is 1. The van der Waals surface area contributed by atoms with Gasteiger partial charge in [0.15, 0.2) is 0 Å². The van der Waals surface area contributed by atoms with Crippen LogP contribution in [0.25, 0.3) is 22.0 Å². The molecule has 1 unspecified atom stereocenters. The molecule has 1 amide bonds. The molecule has 3 aromatic rings. The molecule has 25 heavy (non-hydrogen) atoms. The van der Waals surface area contributed by atoms with E-state index in [1.165, 1.54) is 29.5 Å². The number of hydrogen-bond donors (Lipinski definition) is 2. The first-order valence-corrected chi connectivity index (χ1v) is 8.92. The van der Waals surface area contributed by atoms with Gasteiger partial charge >= 0.3 is 6.03 Å². The van der Waals surface area contributed by atoms with Gasteiger partial charge in [-0.25, -0.2) is 4.79 Å². The third-order valence-electron chi connectivity index (χ3n) is 5.14. The third kappa shape index (κ3) is 3.17. The van der Waals surface area contributed by atoms with Crippen molar-refractivity contribution in [1.82, 2.24) is 9.88 Å². The van der Waals surface area contributed by atoms with Crippen LogP contribution in [0.3, 0.4) is 0 Å². The highest BCUT2D eigenvalue weighted by Gasteiger charge is 2.18. The summed E-state index contributed by atoms with van der Waals surface area (Å²) in [7, 11) is 0. The number of nitrogens with zero attached hydrogens (tertiary/aromatic N) is 1. The van der Waals surface area contributed by atoms with Crippen molar-refractivity contribution >= 4 is 16.9 Å². The van der Waals surface area contributed by atoms with Crippen molar-refractivity contribution in [2.45, 2.75) is 19.3 Å². The molecule has 0 bridgehead atoms. The number of carbonyl (C=O) groups is 1. The SMILES string of the molecule is NC(=O)n1cc(CC2CCCNC2)c2cc(-c3ccccc3)ccc21. The Balaban J connectivity index is 1.78. The zero-order chi connectivity index (χ0) is 17.2. The van der Waals surface area contributed by atoms with E-state index in [0.717, 1.165) is 30.4 Å². The topological polar surface area (TPSA) is 60.1 Å². The lowest BCUT2D eigenvalue weighted by Crippen LogP contribution is -2.30. The van der Waals surface area contributed by atoms with Gasteiger partial charge < -0.3 is 11.1 Å². The highest BCUT2D eigenvalue weighted by atomic mass is 16.2. The maximum atomic E-state index is 11.8. The monoisotopic (exact) mass is 333 g/mol. The summed E-state index contributed by atoms with van der Waals surface area (Å²) in [6.45, 7) is 2.15. The lowest BCUT2D eigenvalue weighted by Gasteiger charge is -2.22. The number of piperidine rings is 1. The third-order valence-corrected chi connectivity index (χ3v) is 5.14. The normalized spacial score (nSPS) is 17.7. The Hall–Kier alpha value is -2.59. The van der Waals surface area contributed by atoms with E-state index < -0.39 is 6.03 Å². The number of fused-ring (bicyclic) bond motifs is 1. The van der Waals surface area contributed by atoms with Gasteiger partial charge in [-0.05, 0) is 67.1 Å². The van der Waals surface area contributed by atoms with Crippen molar-refractivity contribution < 1.29 is 4.79 Å². The van der Waals surface area contributed by atoms with Gasteiger partial charge in [0.2, 0.25) is 0 Å². The van der Waals surface area contributed by atoms with E-state index in [0.29, 0.717) is 5.92 Å². The van der Waals surface area contributed by atoms with Crippen molar-refractivity contribution in [3.05, 3.63) is 60.3 Å². The van der Waals surface area contributed by atoms with Crippen LogP contribution in [0.5, 0.6) is 0 Å². The van der Waals surface area contributed by atoms with E-state index in [9.17, 15) is 4.79 Å². The van der Waals surface area contributed by atoms with Crippen LogP contribution in [0.2, 0.25) is 0 Å². The zero-order valence-corrected chi connectivity index (χ0v) is 14.2. The zero-order valence-electron chi connectivity index (χ0n) is 14.2. The first-order chi connectivity index (χ1) is 12.2. The Morgan fingerprint density at radius 2 is 2.00 bits per heavy atom. The van der Waals surface area contributed by atoms with Gasteiger partial charge in [0.05, 0.1) is 5.52 Å². The van der Waals surface area contributed by atoms with Crippen molar-refractivity contribution in [2.24, 2.45) is 11.7 Å². The Morgan fingerprint density at radius 3 is 2.72 bits per heavy atom. The summed E-state index contributed by atoms with van der Waals surface area (Å²) in [5.41, 5.74) is 10.0. The number of amides is 1. The van der Waals surface area contributed by atoms with Gasteiger partial charge in [-0.15, -0.1) is 0 Å². The van der Waals surface area contributed by atoms with Crippen LogP contribution in [0.4, 0.5) is 4.79 Å². The van der Waals surface area contributed by atoms with Gasteiger partial charge in [0.1, 0.15) is 0 Å². The first-order valence-electron chi connectivity index (χ1n) is 8.92. The van der Waals surface area contributed by atoms with Crippen LogP contribution in [0.15, 0.2) is 54.7 Å². The maximum absolute atomic E-state index is 11.8. The molecular formula is C21H23N3O. The molecule has 0 spiro atoms. The van der Waals surface area contributed by atoms with Gasteiger partial charge in [0.25, 0.3) is 0 Å². The molecule has 0 saturated carbocycles. The fourth-order valence-corrected chi connectivity index (χ4v) is 3.86. The number of carbonyl (C=O) groups excluding carboxylic acids is 1. The summed E-state index contributed by atoms with van der Waals surface area (Å²) >= 11 is 0. The average Bonchev–Trinajstić information content (AvgIpc) is 3.01. The smallest absolute Gasteiger partial charge is 0.323 e. The summed E-state index contributed by atoms with van der Waals surface area (Å²) in [5, 5.41) is 4.60. The standard InChI is InChI=1S/C21H23N3O/c22-21(25)24-14-18(11-15-5-4-10-23-13-15)19-12-17(8-9-20(19)24)16-6-2-1-3-7-16/h1-3,6-9,12,14-15,23H,4-5,10-11,13H2,(H2,22,25). The van der Waals surface area contributed by atoms with Gasteiger partial charge in [0, 0.05) is 11.6 Å². The molecule has 0 radical (unpaired) electrons. The molecule has 4 nitrogen and oxygen atoms in total. The highest BCUT2D eigenvalue weighted by Crippen LogP contribution is 2.30. The molecule has 1 aliphatic heterocycles. The summed E-state index contributed by atoms with van der Waals surface area (Å²) in [6.07, 6.45) is 5.35. The minimum Gasteiger partial charge on any atom is -0.351 e. The van der Waals surface area contributed by atoms with Gasteiger partial charge in [-0.3, -0.25) is 4.57 Å². The number of primary amides is 1. The number of benzene rings is 2. The largest absolute Gasteiger partial charge is 0.351 e. The number of hydrogen-bond acceptors (Lipinski definition) is 2. The van der Waals surface area contributed by atoms with Crippen molar-refractivity contribution in [3.63, 3.8) is 0 Å². The molecule has 1 aromatic heterocycles. The Kier molecular flexibility index (Phi) is 4.28. The lowest BCUT2D eigenvalue weighted by atomic mass is 9.91. The fraction of sp³-hybridized carbons (Fsp3) is 0.286. The molecule has 1 atom stereocenters. The Labute approximate surface area is 147 Å². The maximum Gasteiger partial charge on any atom is 0.323 e. The van der Waals surface area contributed by atoms with Gasteiger partial charge in [-0.1, -0.05) is 36.4 Å². The molecular weight excluding hydrogens is 310 g/mol. The molecule has 1 aliphatic rings. The minimum absolute atomic E-state index is 0.425. The second-order valence-corrected chi connectivity index (χ2v) is 6.88. The fourth-order valence-electron chi connectivity index (χ4n) is 3.86. The summed E-state index contributed by atoms with van der Waals surface area (Å²) < 4.78 is 1.58. The molecule has 0 aliphatic carbocycles. The van der Waals surface area contributed by atoms with Crippen LogP contribution >= 0.6 is 0 Å². The second-order valence-electron chi connectivity index (χ2n) is 6.88. The number of nitrogens with two attached hydrogens (primary N) is 1. The van der Waals surface area contributed by atoms with Crippen molar-refractivity contribution in [2.75, 3.05) is 13.1 Å². The van der Waals surface area contributed by atoms with E-state index in [4.69, 9.17) is 5.73 Å². The average molecular weight is 333 g/mol. The number of rotatable bonds is 3. The molecule has 2 heterocycles. The van der Waals surface area contributed by atoms with Crippen LogP contribution < -0.4 is 11.1 Å². The highest BCUT2D eigenvalue weighted by molar-refractivity contribution is 5.95. The number of nitrogens with one attached hydrogen (secondary N) is 1. The molecule has 2 aromatic carbocycles. The predicted molar refractivity (Wildman–Crippen MR) is 102 cm³/mol.